The number of nitrogens with two attached hydrogens (primary N) is 1. The van der Waals surface area contributed by atoms with Crippen LogP contribution in [0.5, 0.6) is 0 Å². The van der Waals surface area contributed by atoms with Crippen LogP contribution >= 0.6 is 23.2 Å². The Morgan fingerprint density at radius 2 is 1.90 bits per heavy atom. The first-order valence-corrected chi connectivity index (χ1v) is 7.51. The van der Waals surface area contributed by atoms with Crippen molar-refractivity contribution >= 4 is 23.2 Å². The highest BCUT2D eigenvalue weighted by Crippen LogP contribution is 2.51. The number of hydrogen-bond donors (Lipinski definition) is 1. The first-order chi connectivity index (χ1) is 9.63. The van der Waals surface area contributed by atoms with Crippen molar-refractivity contribution in [2.45, 2.75) is 30.7 Å². The van der Waals surface area contributed by atoms with Crippen molar-refractivity contribution in [3.8, 4) is 0 Å². The van der Waals surface area contributed by atoms with E-state index in [0.717, 1.165) is 24.1 Å². The molecule has 0 radical (unpaired) electrons. The van der Waals surface area contributed by atoms with Crippen molar-refractivity contribution in [2.24, 2.45) is 5.73 Å². The summed E-state index contributed by atoms with van der Waals surface area (Å²) >= 11 is 12.2. The van der Waals surface area contributed by atoms with Crippen LogP contribution in [0.25, 0.3) is 0 Å². The van der Waals surface area contributed by atoms with E-state index in [1.54, 1.807) is 6.20 Å². The second-order valence-corrected chi connectivity index (χ2v) is 6.19. The number of aromatic nitrogens is 1. The van der Waals surface area contributed by atoms with Crippen LogP contribution in [-0.4, -0.2) is 4.98 Å². The molecule has 1 aliphatic rings. The van der Waals surface area contributed by atoms with Crippen LogP contribution in [0, 0.1) is 0 Å². The Bertz CT molecular complexity index is 609. The molecule has 4 heteroatoms. The van der Waals surface area contributed by atoms with E-state index in [1.807, 2.05) is 36.4 Å². The number of rotatable bonds is 3. The molecule has 20 heavy (non-hydrogen) atoms. The lowest BCUT2D eigenvalue weighted by molar-refractivity contribution is 0.194. The molecule has 0 amide bonds. The van der Waals surface area contributed by atoms with Gasteiger partial charge in [0.05, 0.1) is 21.8 Å². The molecule has 0 spiro atoms. The monoisotopic (exact) mass is 306 g/mol. The van der Waals surface area contributed by atoms with Gasteiger partial charge >= 0.3 is 0 Å². The SMILES string of the molecule is NC(c1ccccn1)C1(c2ccc(Cl)c(Cl)c2)CCC1. The Kier molecular flexibility index (Phi) is 3.72. The molecule has 1 aliphatic carbocycles. The molecule has 0 bridgehead atoms. The Balaban J connectivity index is 2.01. The molecule has 1 fully saturated rings. The van der Waals surface area contributed by atoms with E-state index in [4.69, 9.17) is 28.9 Å². The lowest BCUT2D eigenvalue weighted by Gasteiger charge is -2.46. The molecular weight excluding hydrogens is 291 g/mol. The van der Waals surface area contributed by atoms with E-state index in [-0.39, 0.29) is 11.5 Å². The van der Waals surface area contributed by atoms with E-state index in [0.29, 0.717) is 10.0 Å². The molecule has 104 valence electrons. The van der Waals surface area contributed by atoms with Gasteiger partial charge in [-0.15, -0.1) is 0 Å². The van der Waals surface area contributed by atoms with Gasteiger partial charge < -0.3 is 5.73 Å². The maximum Gasteiger partial charge on any atom is 0.0595 e. The number of hydrogen-bond acceptors (Lipinski definition) is 2. The zero-order valence-electron chi connectivity index (χ0n) is 11.0. The summed E-state index contributed by atoms with van der Waals surface area (Å²) in [7, 11) is 0. The normalized spacial score (nSPS) is 18.4. The average Bonchev–Trinajstić information content (AvgIpc) is 2.42. The van der Waals surface area contributed by atoms with Gasteiger partial charge in [0.15, 0.2) is 0 Å². The third-order valence-electron chi connectivity index (χ3n) is 4.34. The lowest BCUT2D eigenvalue weighted by atomic mass is 9.59. The fourth-order valence-corrected chi connectivity index (χ4v) is 3.28. The molecule has 1 atom stereocenters. The minimum Gasteiger partial charge on any atom is -0.322 e. The zero-order valence-corrected chi connectivity index (χ0v) is 12.5. The maximum atomic E-state index is 6.52. The number of nitrogens with zero attached hydrogens (tertiary/aromatic N) is 1. The highest BCUT2D eigenvalue weighted by Gasteiger charge is 2.45. The largest absolute Gasteiger partial charge is 0.322 e. The topological polar surface area (TPSA) is 38.9 Å². The summed E-state index contributed by atoms with van der Waals surface area (Å²) in [6.07, 6.45) is 5.09. The summed E-state index contributed by atoms with van der Waals surface area (Å²) in [5.41, 5.74) is 8.54. The van der Waals surface area contributed by atoms with Gasteiger partial charge in [0, 0.05) is 11.6 Å². The van der Waals surface area contributed by atoms with Gasteiger partial charge in [0.2, 0.25) is 0 Å². The lowest BCUT2D eigenvalue weighted by Crippen LogP contribution is -2.44. The Morgan fingerprint density at radius 1 is 1.10 bits per heavy atom. The van der Waals surface area contributed by atoms with E-state index >= 15 is 0 Å². The molecule has 2 aromatic rings. The molecule has 2 N–H and O–H groups in total. The van der Waals surface area contributed by atoms with Crippen LogP contribution < -0.4 is 5.73 Å². The van der Waals surface area contributed by atoms with Crippen molar-refractivity contribution < 1.29 is 0 Å². The Labute approximate surface area is 128 Å². The molecule has 0 saturated heterocycles. The minimum atomic E-state index is -0.116. The van der Waals surface area contributed by atoms with E-state index < -0.39 is 0 Å². The van der Waals surface area contributed by atoms with E-state index in [2.05, 4.69) is 4.98 Å². The maximum absolute atomic E-state index is 6.52. The van der Waals surface area contributed by atoms with Crippen molar-refractivity contribution in [1.29, 1.82) is 0 Å². The Morgan fingerprint density at radius 3 is 2.45 bits per heavy atom. The molecule has 3 rings (SSSR count). The first kappa shape index (κ1) is 13.9. The summed E-state index contributed by atoms with van der Waals surface area (Å²) in [5, 5.41) is 1.17. The van der Waals surface area contributed by atoms with Gasteiger partial charge in [-0.2, -0.15) is 0 Å². The van der Waals surface area contributed by atoms with Gasteiger partial charge in [-0.25, -0.2) is 0 Å². The standard InChI is InChI=1S/C16H16Cl2N2/c17-12-6-5-11(10-13(12)18)16(7-3-8-16)15(19)14-4-1-2-9-20-14/h1-2,4-6,9-10,15H,3,7-8,19H2. The van der Waals surface area contributed by atoms with Crippen LogP contribution in [-0.2, 0) is 5.41 Å². The van der Waals surface area contributed by atoms with Gasteiger partial charge in [0.1, 0.15) is 0 Å². The van der Waals surface area contributed by atoms with Gasteiger partial charge in [0.25, 0.3) is 0 Å². The van der Waals surface area contributed by atoms with Crippen molar-refractivity contribution in [2.75, 3.05) is 0 Å². The molecule has 1 aromatic carbocycles. The van der Waals surface area contributed by atoms with E-state index in [1.165, 1.54) is 6.42 Å². The summed E-state index contributed by atoms with van der Waals surface area (Å²) in [4.78, 5) is 4.41. The molecule has 1 aromatic heterocycles. The fraction of sp³-hybridized carbons (Fsp3) is 0.312. The van der Waals surface area contributed by atoms with Crippen molar-refractivity contribution in [1.82, 2.24) is 4.98 Å². The molecule has 1 saturated carbocycles. The summed E-state index contributed by atoms with van der Waals surface area (Å²) in [6.45, 7) is 0. The van der Waals surface area contributed by atoms with Crippen LogP contribution in [0.1, 0.15) is 36.6 Å². The smallest absolute Gasteiger partial charge is 0.0595 e. The second kappa shape index (κ2) is 5.36. The second-order valence-electron chi connectivity index (χ2n) is 5.37. The predicted molar refractivity (Wildman–Crippen MR) is 83.2 cm³/mol. The molecule has 2 nitrogen and oxygen atoms in total. The minimum absolute atomic E-state index is 0.0669. The summed E-state index contributed by atoms with van der Waals surface area (Å²) < 4.78 is 0. The number of benzene rings is 1. The first-order valence-electron chi connectivity index (χ1n) is 6.75. The molecule has 1 unspecified atom stereocenters. The zero-order chi connectivity index (χ0) is 14.2. The highest BCUT2D eigenvalue weighted by atomic mass is 35.5. The quantitative estimate of drug-likeness (QED) is 0.906. The fourth-order valence-electron chi connectivity index (χ4n) is 2.99. The third-order valence-corrected chi connectivity index (χ3v) is 5.08. The molecule has 0 aliphatic heterocycles. The van der Waals surface area contributed by atoms with Gasteiger partial charge in [-0.3, -0.25) is 4.98 Å². The molecule has 1 heterocycles. The van der Waals surface area contributed by atoms with Gasteiger partial charge in [-0.05, 0) is 42.7 Å². The predicted octanol–water partition coefficient (Wildman–Crippen LogP) is 4.51. The summed E-state index contributed by atoms with van der Waals surface area (Å²) in [5.74, 6) is 0. The summed E-state index contributed by atoms with van der Waals surface area (Å²) in [6, 6.07) is 11.6. The van der Waals surface area contributed by atoms with Gasteiger partial charge in [-0.1, -0.05) is 41.8 Å². The third kappa shape index (κ3) is 2.22. The van der Waals surface area contributed by atoms with E-state index in [9.17, 15) is 0 Å². The van der Waals surface area contributed by atoms with Crippen molar-refractivity contribution in [3.05, 3.63) is 63.9 Å². The van der Waals surface area contributed by atoms with Crippen LogP contribution in [0.3, 0.4) is 0 Å². The average molecular weight is 307 g/mol. The van der Waals surface area contributed by atoms with Crippen LogP contribution in [0.2, 0.25) is 10.0 Å². The molecular formula is C16H16Cl2N2. The van der Waals surface area contributed by atoms with Crippen molar-refractivity contribution in [3.63, 3.8) is 0 Å². The van der Waals surface area contributed by atoms with Crippen LogP contribution in [0.15, 0.2) is 42.6 Å². The highest BCUT2D eigenvalue weighted by molar-refractivity contribution is 6.42. The number of pyridine rings is 1. The van der Waals surface area contributed by atoms with Crippen LogP contribution in [0.4, 0.5) is 0 Å². The number of halogens is 2. The Hall–Kier alpha value is -1.09.